The van der Waals surface area contributed by atoms with Crippen LogP contribution in [-0.2, 0) is 0 Å². The number of hydrogen-bond donors (Lipinski definition) is 2. The maximum atomic E-state index is 11.0. The number of phenolic OH excluding ortho intramolecular Hbond substituents is 1. The third kappa shape index (κ3) is 3.49. The molecule has 0 aliphatic heterocycles. The van der Waals surface area contributed by atoms with E-state index in [1.165, 1.54) is 0 Å². The molecule has 28 heavy (non-hydrogen) atoms. The molecular weight excluding hydrogens is 393 g/mol. The number of pyridine rings is 2. The van der Waals surface area contributed by atoms with Crippen molar-refractivity contribution < 1.29 is 5.11 Å². The van der Waals surface area contributed by atoms with Crippen molar-refractivity contribution >= 4 is 39.9 Å². The highest BCUT2D eigenvalue weighted by atomic mass is 35.5. The Bertz CT molecular complexity index is 1150. The predicted octanol–water partition coefficient (Wildman–Crippen LogP) is 6.15. The van der Waals surface area contributed by atoms with Gasteiger partial charge in [-0.05, 0) is 36.8 Å². The van der Waals surface area contributed by atoms with Crippen molar-refractivity contribution in [2.75, 3.05) is 5.32 Å². The topological polar surface area (TPSA) is 58.0 Å². The Morgan fingerprint density at radius 3 is 2.54 bits per heavy atom. The van der Waals surface area contributed by atoms with Crippen molar-refractivity contribution in [1.82, 2.24) is 9.97 Å². The fraction of sp³-hybridized carbons (Fsp3) is 0.0909. The van der Waals surface area contributed by atoms with Gasteiger partial charge in [0, 0.05) is 22.8 Å². The standard InChI is InChI=1S/C22H17Cl2N3O/c1-13-8-9-14-10-11-16(22(28)20(14)26-13)21(27-18-7-2-3-12-25-18)15-5-4-6-17(23)19(15)24/h2-12,21,28H,1H3,(H,25,27)/t21-/m1/s1. The molecular formula is C22H17Cl2N3O. The van der Waals surface area contributed by atoms with Gasteiger partial charge in [-0.3, -0.25) is 0 Å². The van der Waals surface area contributed by atoms with Crippen molar-refractivity contribution in [2.45, 2.75) is 13.0 Å². The van der Waals surface area contributed by atoms with Gasteiger partial charge in [0.05, 0.1) is 16.1 Å². The van der Waals surface area contributed by atoms with Gasteiger partial charge in [-0.2, -0.15) is 0 Å². The number of aryl methyl sites for hydroxylation is 1. The maximum absolute atomic E-state index is 11.0. The first-order valence-electron chi connectivity index (χ1n) is 8.75. The lowest BCUT2D eigenvalue weighted by Gasteiger charge is -2.23. The molecule has 4 rings (SSSR count). The van der Waals surface area contributed by atoms with Crippen LogP contribution in [0.25, 0.3) is 10.9 Å². The van der Waals surface area contributed by atoms with Crippen LogP contribution in [0.3, 0.4) is 0 Å². The molecule has 0 radical (unpaired) electrons. The number of anilines is 1. The van der Waals surface area contributed by atoms with E-state index in [-0.39, 0.29) is 5.75 Å². The van der Waals surface area contributed by atoms with Gasteiger partial charge in [0.15, 0.2) is 0 Å². The van der Waals surface area contributed by atoms with Crippen LogP contribution < -0.4 is 5.32 Å². The summed E-state index contributed by atoms with van der Waals surface area (Å²) in [6.45, 7) is 1.89. The summed E-state index contributed by atoms with van der Waals surface area (Å²) in [5.74, 6) is 0.755. The summed E-state index contributed by atoms with van der Waals surface area (Å²) < 4.78 is 0. The summed E-state index contributed by atoms with van der Waals surface area (Å²) in [7, 11) is 0. The third-order valence-electron chi connectivity index (χ3n) is 4.57. The first-order chi connectivity index (χ1) is 13.5. The fourth-order valence-electron chi connectivity index (χ4n) is 3.18. The first kappa shape index (κ1) is 18.5. The zero-order chi connectivity index (χ0) is 19.7. The summed E-state index contributed by atoms with van der Waals surface area (Å²) in [5, 5.41) is 16.1. The highest BCUT2D eigenvalue weighted by Gasteiger charge is 2.23. The molecule has 4 nitrogen and oxygen atoms in total. The maximum Gasteiger partial charge on any atom is 0.147 e. The van der Waals surface area contributed by atoms with Crippen LogP contribution in [0.15, 0.2) is 66.9 Å². The van der Waals surface area contributed by atoms with E-state index in [1.807, 2.05) is 61.5 Å². The van der Waals surface area contributed by atoms with Gasteiger partial charge >= 0.3 is 0 Å². The number of halogens is 2. The number of fused-ring (bicyclic) bond motifs is 1. The number of aromatic hydroxyl groups is 1. The van der Waals surface area contributed by atoms with Gasteiger partial charge in [0.25, 0.3) is 0 Å². The molecule has 0 saturated heterocycles. The van der Waals surface area contributed by atoms with Crippen LogP contribution in [0.4, 0.5) is 5.82 Å². The quantitative estimate of drug-likeness (QED) is 0.424. The van der Waals surface area contributed by atoms with E-state index in [1.54, 1.807) is 12.3 Å². The second-order valence-corrected chi connectivity index (χ2v) is 7.25. The fourth-order valence-corrected chi connectivity index (χ4v) is 3.60. The van der Waals surface area contributed by atoms with E-state index in [4.69, 9.17) is 23.2 Å². The summed E-state index contributed by atoms with van der Waals surface area (Å²) in [5.41, 5.74) is 2.75. The predicted molar refractivity (Wildman–Crippen MR) is 114 cm³/mol. The molecule has 0 fully saturated rings. The minimum absolute atomic E-state index is 0.102. The number of phenols is 1. The molecule has 140 valence electrons. The first-order valence-corrected chi connectivity index (χ1v) is 9.51. The lowest BCUT2D eigenvalue weighted by Crippen LogP contribution is -2.14. The highest BCUT2D eigenvalue weighted by Crippen LogP contribution is 2.40. The van der Waals surface area contributed by atoms with E-state index in [9.17, 15) is 5.11 Å². The van der Waals surface area contributed by atoms with E-state index in [2.05, 4.69) is 15.3 Å². The molecule has 0 amide bonds. The normalized spacial score (nSPS) is 12.1. The molecule has 4 aromatic rings. The average Bonchev–Trinajstić information content (AvgIpc) is 2.70. The Hall–Kier alpha value is -2.82. The molecule has 2 aromatic heterocycles. The molecule has 0 aliphatic rings. The summed E-state index contributed by atoms with van der Waals surface area (Å²) >= 11 is 12.8. The van der Waals surface area contributed by atoms with Crippen molar-refractivity contribution in [1.29, 1.82) is 0 Å². The monoisotopic (exact) mass is 409 g/mol. The molecule has 0 unspecified atom stereocenters. The molecule has 0 spiro atoms. The van der Waals surface area contributed by atoms with Crippen molar-refractivity contribution in [2.24, 2.45) is 0 Å². The van der Waals surface area contributed by atoms with Crippen LogP contribution >= 0.6 is 23.2 Å². The number of hydrogen-bond acceptors (Lipinski definition) is 4. The Balaban J connectivity index is 1.91. The van der Waals surface area contributed by atoms with Gasteiger partial charge in [-0.25, -0.2) is 9.97 Å². The third-order valence-corrected chi connectivity index (χ3v) is 5.40. The molecule has 6 heteroatoms. The van der Waals surface area contributed by atoms with Crippen molar-refractivity contribution in [3.8, 4) is 5.75 Å². The van der Waals surface area contributed by atoms with Gasteiger partial charge in [-0.15, -0.1) is 0 Å². The Morgan fingerprint density at radius 1 is 0.929 bits per heavy atom. The molecule has 2 aromatic carbocycles. The van der Waals surface area contributed by atoms with E-state index in [0.717, 1.165) is 16.6 Å². The summed E-state index contributed by atoms with van der Waals surface area (Å²) in [6, 6.07) is 18.2. The Labute approximate surface area is 172 Å². The molecule has 2 heterocycles. The second kappa shape index (κ2) is 7.66. The van der Waals surface area contributed by atoms with Gasteiger partial charge in [0.2, 0.25) is 0 Å². The van der Waals surface area contributed by atoms with E-state index in [0.29, 0.717) is 26.9 Å². The number of nitrogens with one attached hydrogen (secondary N) is 1. The van der Waals surface area contributed by atoms with Crippen LogP contribution in [0.1, 0.15) is 22.9 Å². The number of benzene rings is 2. The van der Waals surface area contributed by atoms with E-state index >= 15 is 0 Å². The van der Waals surface area contributed by atoms with Crippen LogP contribution in [0, 0.1) is 6.92 Å². The second-order valence-electron chi connectivity index (χ2n) is 6.46. The average molecular weight is 410 g/mol. The van der Waals surface area contributed by atoms with Crippen LogP contribution in [-0.4, -0.2) is 15.1 Å². The Morgan fingerprint density at radius 2 is 1.75 bits per heavy atom. The molecule has 1 atom stereocenters. The number of rotatable bonds is 4. The Kier molecular flexibility index (Phi) is 5.07. The largest absolute Gasteiger partial charge is 0.505 e. The molecule has 0 bridgehead atoms. The molecule has 2 N–H and O–H groups in total. The molecule has 0 aliphatic carbocycles. The SMILES string of the molecule is Cc1ccc2ccc([C@H](Nc3ccccn3)c3cccc(Cl)c3Cl)c(O)c2n1. The van der Waals surface area contributed by atoms with Gasteiger partial charge in [0.1, 0.15) is 17.1 Å². The summed E-state index contributed by atoms with van der Waals surface area (Å²) in [6.07, 6.45) is 1.70. The zero-order valence-electron chi connectivity index (χ0n) is 15.0. The number of nitrogens with zero attached hydrogens (tertiary/aromatic N) is 2. The van der Waals surface area contributed by atoms with Crippen LogP contribution in [0.2, 0.25) is 10.0 Å². The van der Waals surface area contributed by atoms with Crippen LogP contribution in [0.5, 0.6) is 5.75 Å². The minimum Gasteiger partial charge on any atom is -0.505 e. The van der Waals surface area contributed by atoms with Gasteiger partial charge in [-0.1, -0.05) is 59.6 Å². The minimum atomic E-state index is -0.465. The smallest absolute Gasteiger partial charge is 0.147 e. The molecule has 0 saturated carbocycles. The van der Waals surface area contributed by atoms with Crippen molar-refractivity contribution in [3.63, 3.8) is 0 Å². The summed E-state index contributed by atoms with van der Waals surface area (Å²) in [4.78, 5) is 8.85. The lowest BCUT2D eigenvalue weighted by atomic mass is 9.96. The van der Waals surface area contributed by atoms with E-state index < -0.39 is 6.04 Å². The van der Waals surface area contributed by atoms with Gasteiger partial charge < -0.3 is 10.4 Å². The lowest BCUT2D eigenvalue weighted by molar-refractivity contribution is 0.471. The highest BCUT2D eigenvalue weighted by molar-refractivity contribution is 6.42. The number of aromatic nitrogens is 2. The zero-order valence-corrected chi connectivity index (χ0v) is 16.5. The van der Waals surface area contributed by atoms with Crippen molar-refractivity contribution in [3.05, 3.63) is 93.7 Å².